The van der Waals surface area contributed by atoms with Crippen LogP contribution < -0.4 is 10.0 Å². The molecule has 0 saturated carbocycles. The van der Waals surface area contributed by atoms with Crippen LogP contribution in [-0.4, -0.2) is 20.1 Å². The number of hydrogen-bond donors (Lipinski definition) is 2. The molecule has 0 atom stereocenters. The number of sulfonamides is 1. The first-order valence-electron chi connectivity index (χ1n) is 9.10. The summed E-state index contributed by atoms with van der Waals surface area (Å²) < 4.78 is 27.5. The first-order chi connectivity index (χ1) is 13.9. The molecule has 2 N–H and O–H groups in total. The maximum absolute atomic E-state index is 12.5. The molecular weight excluding hydrogens is 404 g/mol. The molecule has 0 heterocycles. The number of rotatable bonds is 8. The lowest BCUT2D eigenvalue weighted by atomic mass is 10.2. The van der Waals surface area contributed by atoms with Gasteiger partial charge in [-0.3, -0.25) is 9.52 Å². The maximum Gasteiger partial charge on any atom is 0.261 e. The molecule has 29 heavy (non-hydrogen) atoms. The molecule has 0 aromatic heterocycles. The molecule has 0 aliphatic carbocycles. The van der Waals surface area contributed by atoms with E-state index in [1.807, 2.05) is 49.4 Å². The van der Waals surface area contributed by atoms with Crippen molar-refractivity contribution in [3.8, 4) is 0 Å². The molecule has 0 unspecified atom stereocenters. The highest BCUT2D eigenvalue weighted by Crippen LogP contribution is 2.20. The molecule has 3 aromatic carbocycles. The summed E-state index contributed by atoms with van der Waals surface area (Å²) in [4.78, 5) is 13.4. The summed E-state index contributed by atoms with van der Waals surface area (Å²) in [5.41, 5.74) is 2.12. The summed E-state index contributed by atoms with van der Waals surface area (Å²) in [6.45, 7) is 1.94. The van der Waals surface area contributed by atoms with Gasteiger partial charge in [-0.15, -0.1) is 11.8 Å². The summed E-state index contributed by atoms with van der Waals surface area (Å²) in [5.74, 6) is 0.560. The zero-order valence-electron chi connectivity index (χ0n) is 16.0. The fourth-order valence-electron chi connectivity index (χ4n) is 2.55. The molecule has 150 valence electrons. The van der Waals surface area contributed by atoms with Gasteiger partial charge in [0.25, 0.3) is 10.0 Å². The van der Waals surface area contributed by atoms with Gasteiger partial charge in [0.05, 0.1) is 4.90 Å². The molecule has 3 aromatic rings. The van der Waals surface area contributed by atoms with Gasteiger partial charge >= 0.3 is 0 Å². The predicted molar refractivity (Wildman–Crippen MR) is 119 cm³/mol. The molecule has 0 aliphatic heterocycles. The minimum absolute atomic E-state index is 0.109. The molecule has 0 bridgehead atoms. The lowest BCUT2D eigenvalue weighted by molar-refractivity contribution is -0.115. The predicted octanol–water partition coefficient (Wildman–Crippen LogP) is 4.92. The summed E-state index contributed by atoms with van der Waals surface area (Å²) >= 11 is 1.62. The van der Waals surface area contributed by atoms with E-state index in [-0.39, 0.29) is 10.8 Å². The number of amides is 1. The Balaban J connectivity index is 1.53. The Kier molecular flexibility index (Phi) is 6.95. The standard InChI is InChI=1S/C22H22N2O3S2/c1-17-7-9-19(10-8-17)24-29(26,27)21-13-11-18(12-14-21)23-22(25)15-16-28-20-5-3-2-4-6-20/h2-14,24H,15-16H2,1H3,(H,23,25). The van der Waals surface area contributed by atoms with E-state index in [0.29, 0.717) is 23.5 Å². The summed E-state index contributed by atoms with van der Waals surface area (Å²) in [6, 6.07) is 23.1. The van der Waals surface area contributed by atoms with Gasteiger partial charge in [-0.1, -0.05) is 35.9 Å². The number of hydrogen-bond acceptors (Lipinski definition) is 4. The van der Waals surface area contributed by atoms with Crippen LogP contribution in [0.5, 0.6) is 0 Å². The van der Waals surface area contributed by atoms with Crippen LogP contribution in [0, 0.1) is 6.92 Å². The van der Waals surface area contributed by atoms with Crippen molar-refractivity contribution in [3.05, 3.63) is 84.4 Å². The maximum atomic E-state index is 12.5. The van der Waals surface area contributed by atoms with Gasteiger partial charge in [-0.05, 0) is 55.5 Å². The minimum Gasteiger partial charge on any atom is -0.326 e. The van der Waals surface area contributed by atoms with E-state index in [2.05, 4.69) is 10.0 Å². The van der Waals surface area contributed by atoms with Crippen molar-refractivity contribution in [2.24, 2.45) is 0 Å². The Bertz CT molecular complexity index is 1050. The summed E-state index contributed by atoms with van der Waals surface area (Å²) in [6.07, 6.45) is 0.370. The summed E-state index contributed by atoms with van der Waals surface area (Å²) in [7, 11) is -3.68. The van der Waals surface area contributed by atoms with Gasteiger partial charge in [0.15, 0.2) is 0 Å². The Morgan fingerprint density at radius 2 is 1.48 bits per heavy atom. The number of nitrogens with one attached hydrogen (secondary N) is 2. The van der Waals surface area contributed by atoms with E-state index in [1.165, 1.54) is 12.1 Å². The van der Waals surface area contributed by atoms with Crippen molar-refractivity contribution < 1.29 is 13.2 Å². The van der Waals surface area contributed by atoms with Gasteiger partial charge in [-0.2, -0.15) is 0 Å². The summed E-state index contributed by atoms with van der Waals surface area (Å²) in [5, 5.41) is 2.80. The van der Waals surface area contributed by atoms with Crippen molar-refractivity contribution in [1.29, 1.82) is 0 Å². The van der Waals surface area contributed by atoms with Gasteiger partial charge in [0.1, 0.15) is 0 Å². The monoisotopic (exact) mass is 426 g/mol. The number of carbonyl (C=O) groups is 1. The van der Waals surface area contributed by atoms with Crippen molar-refractivity contribution in [1.82, 2.24) is 0 Å². The molecule has 0 spiro atoms. The van der Waals surface area contributed by atoms with E-state index in [0.717, 1.165) is 10.5 Å². The molecule has 5 nitrogen and oxygen atoms in total. The van der Waals surface area contributed by atoms with Crippen LogP contribution >= 0.6 is 11.8 Å². The average molecular weight is 427 g/mol. The number of anilines is 2. The van der Waals surface area contributed by atoms with E-state index in [9.17, 15) is 13.2 Å². The molecule has 0 fully saturated rings. The second-order valence-corrected chi connectivity index (χ2v) is 9.31. The zero-order valence-corrected chi connectivity index (χ0v) is 17.6. The van der Waals surface area contributed by atoms with Crippen molar-refractivity contribution >= 4 is 39.1 Å². The average Bonchev–Trinajstić information content (AvgIpc) is 2.71. The third-order valence-electron chi connectivity index (χ3n) is 4.09. The molecule has 0 saturated heterocycles. The highest BCUT2D eigenvalue weighted by molar-refractivity contribution is 7.99. The molecule has 0 radical (unpaired) electrons. The fourth-order valence-corrected chi connectivity index (χ4v) is 4.49. The second-order valence-electron chi connectivity index (χ2n) is 6.46. The van der Waals surface area contributed by atoms with Gasteiger partial charge < -0.3 is 5.32 Å². The third kappa shape index (κ3) is 6.37. The SMILES string of the molecule is Cc1ccc(NS(=O)(=O)c2ccc(NC(=O)CCSc3ccccc3)cc2)cc1. The molecule has 0 aliphatic rings. The lowest BCUT2D eigenvalue weighted by Crippen LogP contribution is -2.14. The molecule has 1 amide bonds. The smallest absolute Gasteiger partial charge is 0.261 e. The third-order valence-corrected chi connectivity index (χ3v) is 6.50. The molecule has 3 rings (SSSR count). The van der Waals surface area contributed by atoms with Crippen LogP contribution in [0.15, 0.2) is 88.7 Å². The topological polar surface area (TPSA) is 75.3 Å². The van der Waals surface area contributed by atoms with Crippen molar-refractivity contribution in [2.45, 2.75) is 23.1 Å². The number of carbonyl (C=O) groups excluding carboxylic acids is 1. The number of aryl methyl sites for hydroxylation is 1. The normalized spacial score (nSPS) is 11.1. The highest BCUT2D eigenvalue weighted by atomic mass is 32.2. The Morgan fingerprint density at radius 3 is 2.14 bits per heavy atom. The number of thioether (sulfide) groups is 1. The zero-order chi connectivity index (χ0) is 20.7. The first-order valence-corrected chi connectivity index (χ1v) is 11.6. The fraction of sp³-hybridized carbons (Fsp3) is 0.136. The Labute approximate surface area is 175 Å². The van der Waals surface area contributed by atoms with E-state index < -0.39 is 10.0 Å². The van der Waals surface area contributed by atoms with Crippen LogP contribution in [0.1, 0.15) is 12.0 Å². The van der Waals surface area contributed by atoms with Gasteiger partial charge in [0, 0.05) is 28.4 Å². The second kappa shape index (κ2) is 9.62. The van der Waals surface area contributed by atoms with Crippen molar-refractivity contribution in [2.75, 3.05) is 15.8 Å². The Morgan fingerprint density at radius 1 is 0.862 bits per heavy atom. The molecule has 7 heteroatoms. The van der Waals surface area contributed by atoms with Crippen LogP contribution in [0.3, 0.4) is 0 Å². The number of benzene rings is 3. The largest absolute Gasteiger partial charge is 0.326 e. The molecular formula is C22H22N2O3S2. The van der Waals surface area contributed by atoms with E-state index in [1.54, 1.807) is 36.0 Å². The van der Waals surface area contributed by atoms with Gasteiger partial charge in [0.2, 0.25) is 5.91 Å². The first kappa shape index (κ1) is 21.0. The van der Waals surface area contributed by atoms with E-state index in [4.69, 9.17) is 0 Å². The van der Waals surface area contributed by atoms with Crippen LogP contribution in [0.2, 0.25) is 0 Å². The van der Waals surface area contributed by atoms with Gasteiger partial charge in [-0.25, -0.2) is 8.42 Å². The van der Waals surface area contributed by atoms with Crippen LogP contribution in [-0.2, 0) is 14.8 Å². The quantitative estimate of drug-likeness (QED) is 0.502. The van der Waals surface area contributed by atoms with E-state index >= 15 is 0 Å². The Hall–Kier alpha value is -2.77. The minimum atomic E-state index is -3.68. The lowest BCUT2D eigenvalue weighted by Gasteiger charge is -2.10. The van der Waals surface area contributed by atoms with Crippen molar-refractivity contribution in [3.63, 3.8) is 0 Å². The van der Waals surface area contributed by atoms with Crippen LogP contribution in [0.4, 0.5) is 11.4 Å². The van der Waals surface area contributed by atoms with Crippen LogP contribution in [0.25, 0.3) is 0 Å². The highest BCUT2D eigenvalue weighted by Gasteiger charge is 2.14.